The minimum atomic E-state index is -0.196. The monoisotopic (exact) mass is 342 g/mol. The minimum Gasteiger partial charge on any atom is -0.454 e. The van der Waals surface area contributed by atoms with E-state index in [1.54, 1.807) is 42.5 Å². The van der Waals surface area contributed by atoms with Crippen LogP contribution in [0.15, 0.2) is 42.5 Å². The summed E-state index contributed by atoms with van der Waals surface area (Å²) in [6.07, 6.45) is 0.211. The summed E-state index contributed by atoms with van der Waals surface area (Å²) in [5, 5.41) is 9.27. The van der Waals surface area contributed by atoms with Gasteiger partial charge in [-0.3, -0.25) is 9.59 Å². The van der Waals surface area contributed by atoms with Crippen LogP contribution in [0.5, 0.6) is 11.5 Å². The second-order valence-corrected chi connectivity index (χ2v) is 5.23. The van der Waals surface area contributed by atoms with Gasteiger partial charge in [0.05, 0.1) is 6.61 Å². The second kappa shape index (κ2) is 8.99. The molecule has 0 saturated carbocycles. The topological polar surface area (TPSA) is 72.8 Å². The van der Waals surface area contributed by atoms with E-state index in [4.69, 9.17) is 9.47 Å². The van der Waals surface area contributed by atoms with Gasteiger partial charge in [0, 0.05) is 24.0 Å². The number of aliphatic hydroxyl groups is 1. The molecule has 1 aliphatic heterocycles. The zero-order chi connectivity index (χ0) is 18.2. The zero-order valence-corrected chi connectivity index (χ0v) is 14.5. The number of hydrogen-bond donors (Lipinski definition) is 1. The molecule has 0 radical (unpaired) electrons. The molecule has 1 heterocycles. The van der Waals surface area contributed by atoms with Crippen molar-refractivity contribution in [3.8, 4) is 11.5 Å². The van der Waals surface area contributed by atoms with E-state index in [-0.39, 0.29) is 37.8 Å². The number of Topliss-reactive ketones (excluding diaryl/α,β-unsaturated/α-hetero) is 2. The van der Waals surface area contributed by atoms with Crippen LogP contribution in [0.1, 0.15) is 53.0 Å². The van der Waals surface area contributed by atoms with E-state index in [9.17, 15) is 14.7 Å². The molecule has 25 heavy (non-hydrogen) atoms. The highest BCUT2D eigenvalue weighted by atomic mass is 16.7. The Kier molecular flexibility index (Phi) is 6.71. The molecule has 0 spiro atoms. The van der Waals surface area contributed by atoms with E-state index in [0.717, 1.165) is 0 Å². The summed E-state index contributed by atoms with van der Waals surface area (Å²) >= 11 is 0. The predicted molar refractivity (Wildman–Crippen MR) is 94.2 cm³/mol. The van der Waals surface area contributed by atoms with Gasteiger partial charge in [0.2, 0.25) is 6.79 Å². The SMILES string of the molecule is CC.O=C(CCC(=O)c1ccccc1CO)c1ccc2c(c1)OCO2. The minimum absolute atomic E-state index is 0.101. The van der Waals surface area contributed by atoms with Crippen molar-refractivity contribution in [2.45, 2.75) is 33.3 Å². The third-order valence-corrected chi connectivity index (χ3v) is 3.76. The van der Waals surface area contributed by atoms with Crippen molar-refractivity contribution in [2.75, 3.05) is 6.79 Å². The van der Waals surface area contributed by atoms with E-state index in [1.165, 1.54) is 0 Å². The van der Waals surface area contributed by atoms with Crippen LogP contribution in [0.4, 0.5) is 0 Å². The summed E-state index contributed by atoms with van der Waals surface area (Å²) in [5.74, 6) is 0.893. The molecular weight excluding hydrogens is 320 g/mol. The van der Waals surface area contributed by atoms with Crippen LogP contribution in [-0.4, -0.2) is 23.5 Å². The van der Waals surface area contributed by atoms with Crippen LogP contribution >= 0.6 is 0 Å². The quantitative estimate of drug-likeness (QED) is 0.809. The average molecular weight is 342 g/mol. The van der Waals surface area contributed by atoms with Crippen molar-refractivity contribution in [3.63, 3.8) is 0 Å². The molecule has 0 aliphatic carbocycles. The number of carbonyl (C=O) groups is 2. The Morgan fingerprint density at radius 2 is 1.64 bits per heavy atom. The lowest BCUT2D eigenvalue weighted by atomic mass is 9.98. The maximum absolute atomic E-state index is 12.2. The van der Waals surface area contributed by atoms with Gasteiger partial charge in [-0.1, -0.05) is 38.1 Å². The number of hydrogen-bond acceptors (Lipinski definition) is 5. The van der Waals surface area contributed by atoms with Crippen LogP contribution in [0.25, 0.3) is 0 Å². The van der Waals surface area contributed by atoms with Crippen molar-refractivity contribution in [3.05, 3.63) is 59.2 Å². The predicted octanol–water partition coefficient (Wildman–Crippen LogP) is 3.78. The molecule has 1 aliphatic rings. The molecule has 2 aromatic rings. The number of ketones is 2. The van der Waals surface area contributed by atoms with Crippen LogP contribution in [0, 0.1) is 0 Å². The summed E-state index contributed by atoms with van der Waals surface area (Å²) in [5.41, 5.74) is 1.54. The molecule has 0 atom stereocenters. The van der Waals surface area contributed by atoms with Gasteiger partial charge in [-0.05, 0) is 23.8 Å². The van der Waals surface area contributed by atoms with E-state index in [1.807, 2.05) is 13.8 Å². The highest BCUT2D eigenvalue weighted by Gasteiger charge is 2.17. The van der Waals surface area contributed by atoms with Gasteiger partial charge in [0.1, 0.15) is 0 Å². The first-order valence-electron chi connectivity index (χ1n) is 8.34. The van der Waals surface area contributed by atoms with Crippen LogP contribution in [0.3, 0.4) is 0 Å². The van der Waals surface area contributed by atoms with E-state index in [0.29, 0.717) is 28.2 Å². The lowest BCUT2D eigenvalue weighted by Gasteiger charge is -2.06. The molecule has 0 fully saturated rings. The molecule has 0 amide bonds. The van der Waals surface area contributed by atoms with Crippen LogP contribution < -0.4 is 9.47 Å². The molecule has 132 valence electrons. The number of carbonyl (C=O) groups excluding carboxylic acids is 2. The van der Waals surface area contributed by atoms with Gasteiger partial charge in [0.25, 0.3) is 0 Å². The Hall–Kier alpha value is -2.66. The Morgan fingerprint density at radius 3 is 2.40 bits per heavy atom. The number of rotatable bonds is 6. The van der Waals surface area contributed by atoms with E-state index < -0.39 is 0 Å². The number of benzene rings is 2. The van der Waals surface area contributed by atoms with Crippen LogP contribution in [0.2, 0.25) is 0 Å². The van der Waals surface area contributed by atoms with Crippen molar-refractivity contribution < 1.29 is 24.2 Å². The fourth-order valence-electron chi connectivity index (χ4n) is 2.51. The molecule has 2 aromatic carbocycles. The summed E-state index contributed by atoms with van der Waals surface area (Å²) in [6, 6.07) is 11.9. The molecule has 5 nitrogen and oxygen atoms in total. The van der Waals surface area contributed by atoms with Crippen molar-refractivity contribution in [1.29, 1.82) is 0 Å². The molecule has 0 aromatic heterocycles. The number of aliphatic hydroxyl groups excluding tert-OH is 1. The number of ether oxygens (including phenoxy) is 2. The van der Waals surface area contributed by atoms with Gasteiger partial charge in [-0.2, -0.15) is 0 Å². The smallest absolute Gasteiger partial charge is 0.231 e. The second-order valence-electron chi connectivity index (χ2n) is 5.23. The average Bonchev–Trinajstić information content (AvgIpc) is 3.15. The first-order valence-corrected chi connectivity index (χ1v) is 8.34. The first-order chi connectivity index (χ1) is 12.2. The fraction of sp³-hybridized carbons (Fsp3) is 0.300. The van der Waals surface area contributed by atoms with Gasteiger partial charge >= 0.3 is 0 Å². The van der Waals surface area contributed by atoms with Crippen LogP contribution in [-0.2, 0) is 6.61 Å². The van der Waals surface area contributed by atoms with Gasteiger partial charge in [-0.25, -0.2) is 0 Å². The Morgan fingerprint density at radius 1 is 0.960 bits per heavy atom. The maximum atomic E-state index is 12.2. The van der Waals surface area contributed by atoms with Crippen molar-refractivity contribution in [1.82, 2.24) is 0 Å². The first kappa shape index (κ1) is 18.7. The molecule has 5 heteroatoms. The summed E-state index contributed by atoms with van der Waals surface area (Å²) < 4.78 is 10.4. The van der Waals surface area contributed by atoms with Gasteiger partial charge in [0.15, 0.2) is 23.1 Å². The summed E-state index contributed by atoms with van der Waals surface area (Å²) in [7, 11) is 0. The molecule has 3 rings (SSSR count). The molecular formula is C20H22O5. The lowest BCUT2D eigenvalue weighted by molar-refractivity contribution is 0.0916. The van der Waals surface area contributed by atoms with Crippen molar-refractivity contribution in [2.24, 2.45) is 0 Å². The third kappa shape index (κ3) is 4.45. The lowest BCUT2D eigenvalue weighted by Crippen LogP contribution is -2.07. The normalized spacial score (nSPS) is 11.5. The molecule has 1 N–H and O–H groups in total. The van der Waals surface area contributed by atoms with E-state index in [2.05, 4.69) is 0 Å². The molecule has 0 unspecified atom stereocenters. The molecule has 0 bridgehead atoms. The standard InChI is InChI=1S/C18H16O5.C2H6/c19-10-13-3-1-2-4-14(13)16(21)7-6-15(20)12-5-8-17-18(9-12)23-11-22-17;1-2/h1-5,8-9,19H,6-7,10-11H2;1-2H3. The Bertz CT molecular complexity index is 752. The highest BCUT2D eigenvalue weighted by Crippen LogP contribution is 2.32. The maximum Gasteiger partial charge on any atom is 0.231 e. The van der Waals surface area contributed by atoms with Gasteiger partial charge in [-0.15, -0.1) is 0 Å². The molecule has 0 saturated heterocycles. The highest BCUT2D eigenvalue weighted by molar-refractivity contribution is 6.03. The Balaban J connectivity index is 0.00000109. The van der Waals surface area contributed by atoms with Gasteiger partial charge < -0.3 is 14.6 Å². The Labute approximate surface area is 147 Å². The fourth-order valence-corrected chi connectivity index (χ4v) is 2.51. The zero-order valence-electron chi connectivity index (χ0n) is 14.5. The third-order valence-electron chi connectivity index (χ3n) is 3.76. The summed E-state index contributed by atoms with van der Waals surface area (Å²) in [4.78, 5) is 24.5. The largest absolute Gasteiger partial charge is 0.454 e. The summed E-state index contributed by atoms with van der Waals surface area (Å²) in [6.45, 7) is 3.96. The van der Waals surface area contributed by atoms with E-state index >= 15 is 0 Å². The number of fused-ring (bicyclic) bond motifs is 1. The van der Waals surface area contributed by atoms with Crippen molar-refractivity contribution >= 4 is 11.6 Å².